The molecule has 25 heavy (non-hydrogen) atoms. The van der Waals surface area contributed by atoms with E-state index >= 15 is 0 Å². The summed E-state index contributed by atoms with van der Waals surface area (Å²) >= 11 is 0. The third-order valence-corrected chi connectivity index (χ3v) is 2.44. The first-order valence-electron chi connectivity index (χ1n) is 5.80. The van der Waals surface area contributed by atoms with Crippen LogP contribution >= 0.6 is 0 Å². The van der Waals surface area contributed by atoms with Gasteiger partial charge in [-0.1, -0.05) is 0 Å². The summed E-state index contributed by atoms with van der Waals surface area (Å²) in [5.41, 5.74) is -2.28. The summed E-state index contributed by atoms with van der Waals surface area (Å²) in [6.07, 6.45) is 0. The molecule has 0 atom stereocenters. The minimum absolute atomic E-state index is 0. The van der Waals surface area contributed by atoms with E-state index in [4.69, 9.17) is 10.2 Å². The quantitative estimate of drug-likeness (QED) is 0.578. The number of halogens is 6. The second-order valence-corrected chi connectivity index (χ2v) is 4.10. The van der Waals surface area contributed by atoms with Crippen LogP contribution in [0.25, 0.3) is 0 Å². The molecule has 0 aliphatic heterocycles. The average Bonchev–Trinajstić information content (AvgIpc) is 2.35. The van der Waals surface area contributed by atoms with E-state index in [1.807, 2.05) is 0 Å². The number of rotatable bonds is 2. The molecule has 2 rings (SSSR count). The van der Waals surface area contributed by atoms with Crippen molar-refractivity contribution in [1.29, 1.82) is 0 Å². The van der Waals surface area contributed by atoms with Crippen LogP contribution in [0, 0.1) is 34.9 Å². The molecule has 0 saturated heterocycles. The summed E-state index contributed by atoms with van der Waals surface area (Å²) < 4.78 is 74.4. The summed E-state index contributed by atoms with van der Waals surface area (Å²) in [6.45, 7) is 0. The molecule has 11 heteroatoms. The van der Waals surface area contributed by atoms with Crippen LogP contribution in [0.5, 0.6) is 0 Å². The van der Waals surface area contributed by atoms with Crippen molar-refractivity contribution in [1.82, 2.24) is 0 Å². The van der Waals surface area contributed by atoms with Gasteiger partial charge in [0.05, 0.1) is 0 Å². The van der Waals surface area contributed by atoms with E-state index < -0.39 is 58.0 Å². The maximum Gasteiger partial charge on any atom is 0.341 e. The maximum absolute atomic E-state index is 12.5. The van der Waals surface area contributed by atoms with E-state index in [0.29, 0.717) is 24.3 Å². The third-order valence-electron chi connectivity index (χ3n) is 2.44. The molecule has 0 aliphatic carbocycles. The predicted molar refractivity (Wildman–Crippen MR) is 66.6 cm³/mol. The molecule has 0 radical (unpaired) electrons. The number of carboxylic acid groups (broad SMARTS) is 2. The summed E-state index contributed by atoms with van der Waals surface area (Å²) in [5, 5.41) is 16.5. The number of aromatic carboxylic acids is 2. The van der Waals surface area contributed by atoms with Gasteiger partial charge in [0.1, 0.15) is 46.0 Å². The monoisotopic (exact) mass is 416 g/mol. The van der Waals surface area contributed by atoms with Crippen molar-refractivity contribution in [2.75, 3.05) is 0 Å². The van der Waals surface area contributed by atoms with Gasteiger partial charge in [-0.25, -0.2) is 35.9 Å². The Morgan fingerprint density at radius 2 is 0.800 bits per heavy atom. The fourth-order valence-electron chi connectivity index (χ4n) is 1.49. The molecule has 2 N–H and O–H groups in total. The van der Waals surface area contributed by atoms with E-state index in [9.17, 15) is 35.9 Å². The first-order chi connectivity index (χ1) is 11.0. The van der Waals surface area contributed by atoms with Crippen LogP contribution in [0.4, 0.5) is 26.3 Å². The predicted octanol–water partition coefficient (Wildman–Crippen LogP) is 3.60. The van der Waals surface area contributed by atoms with Crippen LogP contribution in [0.2, 0.25) is 0 Å². The van der Waals surface area contributed by atoms with Crippen LogP contribution in [0.3, 0.4) is 0 Å². The van der Waals surface area contributed by atoms with Gasteiger partial charge in [-0.2, -0.15) is 0 Å². The molecular formula is C14H6F6O4Zn. The smallest absolute Gasteiger partial charge is 0.341 e. The third kappa shape index (κ3) is 5.86. The molecule has 0 heterocycles. The molecule has 0 bridgehead atoms. The molecule has 0 aromatic heterocycles. The van der Waals surface area contributed by atoms with Crippen LogP contribution < -0.4 is 0 Å². The van der Waals surface area contributed by atoms with Crippen molar-refractivity contribution in [2.45, 2.75) is 0 Å². The Hall–Kier alpha value is -2.42. The molecule has 0 unspecified atom stereocenters. The SMILES string of the molecule is O=C(O)c1c(F)cc(F)cc1F.O=C(O)c1c(F)cc(F)cc1F.[Zn]. The fourth-order valence-corrected chi connectivity index (χ4v) is 1.49. The van der Waals surface area contributed by atoms with Gasteiger partial charge < -0.3 is 10.2 Å². The van der Waals surface area contributed by atoms with Crippen molar-refractivity contribution >= 4 is 11.9 Å². The first kappa shape index (κ1) is 22.6. The number of carboxylic acids is 2. The average molecular weight is 418 g/mol. The largest absolute Gasteiger partial charge is 0.477 e. The molecule has 130 valence electrons. The van der Waals surface area contributed by atoms with Crippen molar-refractivity contribution in [3.8, 4) is 0 Å². The Labute approximate surface area is 148 Å². The molecule has 0 fully saturated rings. The first-order valence-corrected chi connectivity index (χ1v) is 5.80. The number of hydrogen-bond donors (Lipinski definition) is 2. The summed E-state index contributed by atoms with van der Waals surface area (Å²) in [7, 11) is 0. The van der Waals surface area contributed by atoms with Gasteiger partial charge in [0.2, 0.25) is 0 Å². The number of carbonyl (C=O) groups is 2. The molecule has 4 nitrogen and oxygen atoms in total. The molecule has 0 amide bonds. The molecule has 0 saturated carbocycles. The zero-order chi connectivity index (χ0) is 18.6. The zero-order valence-electron chi connectivity index (χ0n) is 12.0. The minimum atomic E-state index is -1.76. The topological polar surface area (TPSA) is 74.6 Å². The van der Waals surface area contributed by atoms with Gasteiger partial charge in [0.25, 0.3) is 0 Å². The standard InChI is InChI=1S/2C7H3F3O2.Zn/c2*8-3-1-4(9)6(7(11)12)5(10)2-3;/h2*1-2H,(H,11,12);. The van der Waals surface area contributed by atoms with E-state index in [1.54, 1.807) is 0 Å². The normalized spacial score (nSPS) is 9.52. The second kappa shape index (κ2) is 9.17. The summed E-state index contributed by atoms with van der Waals surface area (Å²) in [5.74, 6) is -11.5. The summed E-state index contributed by atoms with van der Waals surface area (Å²) in [6, 6.07) is 1.25. The van der Waals surface area contributed by atoms with Crippen LogP contribution in [0.1, 0.15) is 20.7 Å². The Morgan fingerprint density at radius 1 is 0.600 bits per heavy atom. The Bertz CT molecular complexity index is 698. The van der Waals surface area contributed by atoms with Gasteiger partial charge in [-0.05, 0) is 0 Å². The van der Waals surface area contributed by atoms with Gasteiger partial charge >= 0.3 is 11.9 Å². The summed E-state index contributed by atoms with van der Waals surface area (Å²) in [4.78, 5) is 20.3. The number of hydrogen-bond acceptors (Lipinski definition) is 2. The minimum Gasteiger partial charge on any atom is -0.477 e. The van der Waals surface area contributed by atoms with Crippen molar-refractivity contribution < 1.29 is 65.6 Å². The van der Waals surface area contributed by atoms with Gasteiger partial charge in [0.15, 0.2) is 0 Å². The Balaban J connectivity index is 0.000000443. The van der Waals surface area contributed by atoms with Crippen LogP contribution in [0.15, 0.2) is 24.3 Å². The Kier molecular flexibility index (Phi) is 8.28. The van der Waals surface area contributed by atoms with E-state index in [1.165, 1.54) is 0 Å². The maximum atomic E-state index is 12.5. The fraction of sp³-hybridized carbons (Fsp3) is 0. The van der Waals surface area contributed by atoms with Gasteiger partial charge in [-0.3, -0.25) is 0 Å². The Morgan fingerprint density at radius 3 is 0.960 bits per heavy atom. The van der Waals surface area contributed by atoms with Crippen molar-refractivity contribution in [3.05, 3.63) is 70.3 Å². The number of benzene rings is 2. The van der Waals surface area contributed by atoms with Gasteiger partial charge in [0, 0.05) is 43.7 Å². The van der Waals surface area contributed by atoms with Crippen LogP contribution in [-0.2, 0) is 19.5 Å². The van der Waals surface area contributed by atoms with Crippen molar-refractivity contribution in [3.63, 3.8) is 0 Å². The molecule has 0 spiro atoms. The van der Waals surface area contributed by atoms with Crippen molar-refractivity contribution in [2.24, 2.45) is 0 Å². The van der Waals surface area contributed by atoms with E-state index in [-0.39, 0.29) is 19.5 Å². The molecule has 0 aliphatic rings. The van der Waals surface area contributed by atoms with Gasteiger partial charge in [-0.15, -0.1) is 0 Å². The second-order valence-electron chi connectivity index (χ2n) is 4.10. The molecule has 2 aromatic rings. The molecule has 2 aromatic carbocycles. The van der Waals surface area contributed by atoms with Crippen LogP contribution in [-0.4, -0.2) is 22.2 Å². The van der Waals surface area contributed by atoms with E-state index in [0.717, 1.165) is 0 Å². The zero-order valence-corrected chi connectivity index (χ0v) is 15.0. The van der Waals surface area contributed by atoms with E-state index in [2.05, 4.69) is 0 Å². The molecular weight excluding hydrogens is 412 g/mol.